The minimum Gasteiger partial charge on any atom is -0.363 e. The molecule has 0 aromatic carbocycles. The maximum atomic E-state index is 4.37. The normalized spacial score (nSPS) is 11.8. The number of hydrogen-bond donors (Lipinski definition) is 0. The average molecular weight is 376 g/mol. The summed E-state index contributed by atoms with van der Waals surface area (Å²) in [4.78, 5) is 32.2. The monoisotopic (exact) mass is 375 g/mol. The van der Waals surface area contributed by atoms with Gasteiger partial charge in [-0.15, -0.1) is 0 Å². The molecule has 1 aromatic rings. The fourth-order valence-corrected chi connectivity index (χ4v) is 2.08. The van der Waals surface area contributed by atoms with Crippen molar-refractivity contribution in [1.29, 1.82) is 0 Å². The summed E-state index contributed by atoms with van der Waals surface area (Å²) in [6.45, 7) is 17.6. The van der Waals surface area contributed by atoms with Crippen molar-refractivity contribution in [3.8, 4) is 0 Å². The fraction of sp³-hybridized carbons (Fsp3) is 0.667. The van der Waals surface area contributed by atoms with Gasteiger partial charge in [0.2, 0.25) is 0 Å². The maximum absolute atomic E-state index is 4.37. The lowest BCUT2D eigenvalue weighted by molar-refractivity contribution is 0.479. The summed E-state index contributed by atoms with van der Waals surface area (Å²) in [7, 11) is 0. The largest absolute Gasteiger partial charge is 0.363 e. The first-order valence-electron chi connectivity index (χ1n) is 9.70. The van der Waals surface area contributed by atoms with Crippen molar-refractivity contribution in [2.24, 2.45) is 15.0 Å². The van der Waals surface area contributed by atoms with Crippen molar-refractivity contribution in [3.63, 3.8) is 0 Å². The summed E-state index contributed by atoms with van der Waals surface area (Å²) in [5.74, 6) is 0.904. The van der Waals surface area contributed by atoms with Crippen LogP contribution in [0.3, 0.4) is 0 Å². The third kappa shape index (κ3) is 8.10. The minimum atomic E-state index is 0.301. The summed E-state index contributed by atoms with van der Waals surface area (Å²) < 4.78 is 0. The summed E-state index contributed by atoms with van der Waals surface area (Å²) in [5.41, 5.74) is 0. The van der Waals surface area contributed by atoms with Crippen molar-refractivity contribution < 1.29 is 0 Å². The molecule has 0 spiro atoms. The smallest absolute Gasteiger partial charge is 0.257 e. The van der Waals surface area contributed by atoms with Crippen molar-refractivity contribution in [1.82, 2.24) is 29.7 Å². The van der Waals surface area contributed by atoms with Gasteiger partial charge < -0.3 is 14.7 Å². The van der Waals surface area contributed by atoms with Crippen LogP contribution in [0.4, 0.5) is 17.8 Å². The van der Waals surface area contributed by atoms with Crippen molar-refractivity contribution in [2.45, 2.75) is 41.5 Å². The third-order valence-corrected chi connectivity index (χ3v) is 4.05. The first-order chi connectivity index (χ1) is 13.1. The second-order valence-electron chi connectivity index (χ2n) is 5.63. The van der Waals surface area contributed by atoms with Crippen LogP contribution >= 0.6 is 0 Å². The molecule has 0 fully saturated rings. The Bertz CT molecular complexity index is 517. The predicted octanol–water partition coefficient (Wildman–Crippen LogP) is 2.88. The first kappa shape index (κ1) is 22.5. The van der Waals surface area contributed by atoms with Gasteiger partial charge >= 0.3 is 0 Å². The van der Waals surface area contributed by atoms with E-state index in [2.05, 4.69) is 86.2 Å². The molecule has 0 aliphatic carbocycles. The second-order valence-corrected chi connectivity index (χ2v) is 5.63. The maximum Gasteiger partial charge on any atom is 0.257 e. The van der Waals surface area contributed by atoms with E-state index < -0.39 is 0 Å². The number of rotatable bonds is 12. The van der Waals surface area contributed by atoms with Gasteiger partial charge in [-0.05, 0) is 41.5 Å². The molecule has 9 heteroatoms. The summed E-state index contributed by atoms with van der Waals surface area (Å²) in [6.07, 6.45) is 5.22. The van der Waals surface area contributed by atoms with Gasteiger partial charge in [0.15, 0.2) is 0 Å². The number of nitrogens with zero attached hydrogens (tertiary/aromatic N) is 9. The molecule has 0 aliphatic rings. The second kappa shape index (κ2) is 12.7. The van der Waals surface area contributed by atoms with Crippen LogP contribution in [0.2, 0.25) is 0 Å². The van der Waals surface area contributed by atoms with E-state index in [4.69, 9.17) is 0 Å². The Labute approximate surface area is 163 Å². The highest BCUT2D eigenvalue weighted by Crippen LogP contribution is 2.15. The summed E-state index contributed by atoms with van der Waals surface area (Å²) in [6, 6.07) is 0. The van der Waals surface area contributed by atoms with E-state index in [-0.39, 0.29) is 0 Å². The highest BCUT2D eigenvalue weighted by atomic mass is 15.3. The van der Waals surface area contributed by atoms with E-state index in [1.54, 1.807) is 19.0 Å². The zero-order chi connectivity index (χ0) is 20.1. The van der Waals surface area contributed by atoms with Crippen molar-refractivity contribution in [2.75, 3.05) is 39.3 Å². The van der Waals surface area contributed by atoms with Gasteiger partial charge in [-0.3, -0.25) is 0 Å². The first-order valence-corrected chi connectivity index (χ1v) is 9.70. The van der Waals surface area contributed by atoms with Crippen LogP contribution in [0.25, 0.3) is 0 Å². The van der Waals surface area contributed by atoms with Crippen molar-refractivity contribution in [3.05, 3.63) is 0 Å². The Morgan fingerprint density at radius 1 is 0.519 bits per heavy atom. The van der Waals surface area contributed by atoms with Crippen LogP contribution in [0, 0.1) is 0 Å². The molecule has 27 heavy (non-hydrogen) atoms. The minimum absolute atomic E-state index is 0.301. The summed E-state index contributed by atoms with van der Waals surface area (Å²) in [5, 5.41) is 0. The highest BCUT2D eigenvalue weighted by molar-refractivity contribution is 5.62. The third-order valence-electron chi connectivity index (χ3n) is 4.05. The molecule has 1 rings (SSSR count). The standard InChI is InChI=1S/C18H33N9/c1-7-25(8-2)13-19-16-22-17(20-14-26(9-3)10-4)24-18(23-16)21-15-27(11-5)12-6/h13-15H,7-12H2,1-6H3. The van der Waals surface area contributed by atoms with Gasteiger partial charge in [0.1, 0.15) is 0 Å². The Morgan fingerprint density at radius 2 is 0.741 bits per heavy atom. The molecule has 0 saturated heterocycles. The van der Waals surface area contributed by atoms with Gasteiger partial charge in [-0.25, -0.2) is 15.0 Å². The van der Waals surface area contributed by atoms with E-state index in [1.807, 2.05) is 0 Å². The number of aromatic nitrogens is 3. The molecule has 9 nitrogen and oxygen atoms in total. The molecule has 0 aliphatic heterocycles. The predicted molar refractivity (Wildman–Crippen MR) is 113 cm³/mol. The van der Waals surface area contributed by atoms with Gasteiger partial charge in [-0.2, -0.15) is 15.0 Å². The molecule has 0 amide bonds. The lowest BCUT2D eigenvalue weighted by Gasteiger charge is -2.14. The van der Waals surface area contributed by atoms with Crippen LogP contribution in [0.5, 0.6) is 0 Å². The molecule has 1 heterocycles. The van der Waals surface area contributed by atoms with Gasteiger partial charge in [-0.1, -0.05) is 0 Å². The molecule has 150 valence electrons. The molecule has 0 bridgehead atoms. The molecule has 0 unspecified atom stereocenters. The zero-order valence-corrected chi connectivity index (χ0v) is 17.5. The van der Waals surface area contributed by atoms with Gasteiger partial charge in [0, 0.05) is 39.3 Å². The quantitative estimate of drug-likeness (QED) is 0.412. The Hall–Kier alpha value is -2.58. The van der Waals surface area contributed by atoms with Crippen LogP contribution in [0.15, 0.2) is 15.0 Å². The van der Waals surface area contributed by atoms with Crippen molar-refractivity contribution >= 4 is 36.9 Å². The zero-order valence-electron chi connectivity index (χ0n) is 17.5. The Balaban J connectivity index is 3.17. The molecule has 1 aromatic heterocycles. The Morgan fingerprint density at radius 3 is 0.926 bits per heavy atom. The number of aliphatic imine (C=N–C) groups is 3. The van der Waals surface area contributed by atoms with E-state index in [1.165, 1.54) is 0 Å². The lowest BCUT2D eigenvalue weighted by atomic mass is 10.6. The molecular formula is C18H33N9. The van der Waals surface area contributed by atoms with Crippen LogP contribution in [-0.2, 0) is 0 Å². The van der Waals surface area contributed by atoms with E-state index in [0.717, 1.165) is 39.3 Å². The van der Waals surface area contributed by atoms with Gasteiger partial charge in [0.25, 0.3) is 17.8 Å². The SMILES string of the molecule is CCN(C=Nc1nc(N=CN(CC)CC)nc(N=CN(CC)CC)n1)CC. The van der Waals surface area contributed by atoms with Crippen LogP contribution < -0.4 is 0 Å². The molecule has 0 N–H and O–H groups in total. The Kier molecular flexibility index (Phi) is 10.6. The van der Waals surface area contributed by atoms with Crippen LogP contribution in [-0.4, -0.2) is 87.9 Å². The van der Waals surface area contributed by atoms with Gasteiger partial charge in [0.05, 0.1) is 19.0 Å². The molecule has 0 atom stereocenters. The molecule has 0 saturated carbocycles. The molecule has 0 radical (unpaired) electrons. The fourth-order valence-electron chi connectivity index (χ4n) is 2.08. The van der Waals surface area contributed by atoms with E-state index in [0.29, 0.717) is 17.8 Å². The number of hydrogen-bond acceptors (Lipinski definition) is 6. The van der Waals surface area contributed by atoms with Crippen LogP contribution in [0.1, 0.15) is 41.5 Å². The topological polar surface area (TPSA) is 85.5 Å². The van der Waals surface area contributed by atoms with E-state index in [9.17, 15) is 0 Å². The average Bonchev–Trinajstić information content (AvgIpc) is 2.70. The van der Waals surface area contributed by atoms with E-state index >= 15 is 0 Å². The molecular weight excluding hydrogens is 342 g/mol. The highest BCUT2D eigenvalue weighted by Gasteiger charge is 2.05. The summed E-state index contributed by atoms with van der Waals surface area (Å²) >= 11 is 0. The lowest BCUT2D eigenvalue weighted by Crippen LogP contribution is -2.21.